The third kappa shape index (κ3) is 5.04. The molecule has 30 heavy (non-hydrogen) atoms. The molecule has 0 aliphatic rings. The Morgan fingerprint density at radius 3 is 2.70 bits per heavy atom. The van der Waals surface area contributed by atoms with Crippen LogP contribution in [0.2, 0.25) is 0 Å². The first-order valence-electron chi connectivity index (χ1n) is 9.68. The molecule has 0 aliphatic carbocycles. The highest BCUT2D eigenvalue weighted by Gasteiger charge is 2.15. The van der Waals surface area contributed by atoms with Crippen molar-refractivity contribution < 1.29 is 9.18 Å². The lowest BCUT2D eigenvalue weighted by Gasteiger charge is -2.09. The lowest BCUT2D eigenvalue weighted by molar-refractivity contribution is -0.121. The van der Waals surface area contributed by atoms with E-state index in [9.17, 15) is 9.18 Å². The molecule has 0 radical (unpaired) electrons. The first kappa shape index (κ1) is 20.1. The van der Waals surface area contributed by atoms with E-state index in [1.54, 1.807) is 12.3 Å². The summed E-state index contributed by atoms with van der Waals surface area (Å²) in [6.45, 7) is 0.697. The Labute approximate surface area is 178 Å². The number of pyridine rings is 1. The minimum absolute atomic E-state index is 0.0940. The molecule has 1 amide bonds. The number of aromatic nitrogens is 3. The van der Waals surface area contributed by atoms with Crippen LogP contribution in [0.1, 0.15) is 11.1 Å². The van der Waals surface area contributed by atoms with Crippen LogP contribution >= 0.6 is 11.8 Å². The summed E-state index contributed by atoms with van der Waals surface area (Å²) in [5.74, 6) is 0.195. The van der Waals surface area contributed by atoms with Gasteiger partial charge in [-0.1, -0.05) is 54.2 Å². The molecule has 152 valence electrons. The van der Waals surface area contributed by atoms with Gasteiger partial charge in [0.05, 0.1) is 0 Å². The second-order valence-corrected chi connectivity index (χ2v) is 7.77. The number of halogens is 1. The molecule has 2 aromatic carbocycles. The van der Waals surface area contributed by atoms with Crippen LogP contribution in [0, 0.1) is 5.82 Å². The topological polar surface area (TPSA) is 59.8 Å². The molecule has 0 fully saturated rings. The number of amides is 1. The maximum absolute atomic E-state index is 13.5. The van der Waals surface area contributed by atoms with Gasteiger partial charge < -0.3 is 5.32 Å². The van der Waals surface area contributed by atoms with Gasteiger partial charge in [0.2, 0.25) is 5.91 Å². The summed E-state index contributed by atoms with van der Waals surface area (Å²) in [4.78, 5) is 21.6. The van der Waals surface area contributed by atoms with E-state index in [0.717, 1.165) is 17.5 Å². The van der Waals surface area contributed by atoms with E-state index in [4.69, 9.17) is 0 Å². The van der Waals surface area contributed by atoms with Crippen LogP contribution in [-0.2, 0) is 23.5 Å². The third-order valence-electron chi connectivity index (χ3n) is 4.61. The number of carbonyl (C=O) groups excluding carboxylic acids is 1. The summed E-state index contributed by atoms with van der Waals surface area (Å²) in [7, 11) is 0. The summed E-state index contributed by atoms with van der Waals surface area (Å²) >= 11 is 1.46. The predicted octanol–water partition coefficient (Wildman–Crippen LogP) is 4.22. The van der Waals surface area contributed by atoms with Gasteiger partial charge in [-0.15, -0.1) is 0 Å². The zero-order valence-electron chi connectivity index (χ0n) is 16.3. The third-order valence-corrected chi connectivity index (χ3v) is 5.65. The average Bonchev–Trinajstić information content (AvgIpc) is 3.10. The van der Waals surface area contributed by atoms with Crippen LogP contribution < -0.4 is 5.32 Å². The molecule has 2 heterocycles. The zero-order chi connectivity index (χ0) is 20.8. The molecule has 0 atom stereocenters. The fourth-order valence-corrected chi connectivity index (χ4v) is 4.10. The number of fused-ring (bicyclic) bond motifs is 1. The standard InChI is InChI=1S/C23H21FN4OS/c24-19-9-4-8-18(14-19)16-30-23-27-20-10-5-12-26-22(20)28(23)15-21(29)25-13-11-17-6-2-1-3-7-17/h1-10,12,14H,11,13,15-16H2,(H,25,29). The Kier molecular flexibility index (Phi) is 6.39. The summed E-state index contributed by atoms with van der Waals surface area (Å²) < 4.78 is 15.3. The molecule has 2 aromatic heterocycles. The Bertz CT molecular complexity index is 1150. The normalized spacial score (nSPS) is 11.0. The van der Waals surface area contributed by atoms with Crippen molar-refractivity contribution in [2.45, 2.75) is 23.9 Å². The number of nitrogens with one attached hydrogen (secondary N) is 1. The van der Waals surface area contributed by atoms with Gasteiger partial charge in [-0.05, 0) is 41.8 Å². The number of benzene rings is 2. The Morgan fingerprint density at radius 2 is 1.87 bits per heavy atom. The van der Waals surface area contributed by atoms with Crippen molar-refractivity contribution in [3.63, 3.8) is 0 Å². The molecule has 4 rings (SSSR count). The molecule has 0 bridgehead atoms. The molecule has 0 aliphatic heterocycles. The number of imidazole rings is 1. The van der Waals surface area contributed by atoms with Crippen molar-refractivity contribution in [2.24, 2.45) is 0 Å². The molecule has 7 heteroatoms. The van der Waals surface area contributed by atoms with Crippen molar-refractivity contribution in [1.29, 1.82) is 0 Å². The highest BCUT2D eigenvalue weighted by Crippen LogP contribution is 2.26. The number of hydrogen-bond donors (Lipinski definition) is 1. The smallest absolute Gasteiger partial charge is 0.240 e. The summed E-state index contributed by atoms with van der Waals surface area (Å²) in [5, 5.41) is 3.65. The van der Waals surface area contributed by atoms with E-state index in [1.807, 2.05) is 53.1 Å². The van der Waals surface area contributed by atoms with E-state index < -0.39 is 0 Å². The molecular formula is C23H21FN4OS. The summed E-state index contributed by atoms with van der Waals surface area (Å²) in [6.07, 6.45) is 2.46. The van der Waals surface area contributed by atoms with Gasteiger partial charge in [0.1, 0.15) is 17.9 Å². The highest BCUT2D eigenvalue weighted by atomic mass is 32.2. The number of rotatable bonds is 8. The van der Waals surface area contributed by atoms with E-state index in [-0.39, 0.29) is 18.3 Å². The van der Waals surface area contributed by atoms with E-state index in [2.05, 4.69) is 15.3 Å². The van der Waals surface area contributed by atoms with E-state index in [1.165, 1.54) is 29.5 Å². The van der Waals surface area contributed by atoms with Gasteiger partial charge in [-0.3, -0.25) is 9.36 Å². The van der Waals surface area contributed by atoms with Gasteiger partial charge in [0, 0.05) is 18.5 Å². The second kappa shape index (κ2) is 9.54. The largest absolute Gasteiger partial charge is 0.354 e. The van der Waals surface area contributed by atoms with Crippen molar-refractivity contribution >= 4 is 28.8 Å². The highest BCUT2D eigenvalue weighted by molar-refractivity contribution is 7.98. The molecule has 0 unspecified atom stereocenters. The van der Waals surface area contributed by atoms with Crippen molar-refractivity contribution in [3.05, 3.63) is 89.9 Å². The van der Waals surface area contributed by atoms with Crippen molar-refractivity contribution in [2.75, 3.05) is 6.54 Å². The number of thioether (sulfide) groups is 1. The molecule has 5 nitrogen and oxygen atoms in total. The predicted molar refractivity (Wildman–Crippen MR) is 117 cm³/mol. The molecule has 0 saturated heterocycles. The van der Waals surface area contributed by atoms with Gasteiger partial charge >= 0.3 is 0 Å². The molecule has 1 N–H and O–H groups in total. The van der Waals surface area contributed by atoms with Gasteiger partial charge in [0.25, 0.3) is 0 Å². The van der Waals surface area contributed by atoms with Crippen molar-refractivity contribution in [3.8, 4) is 0 Å². The van der Waals surface area contributed by atoms with Gasteiger partial charge in [-0.2, -0.15) is 0 Å². The number of carbonyl (C=O) groups is 1. The fraction of sp³-hybridized carbons (Fsp3) is 0.174. The Hall–Kier alpha value is -3.19. The summed E-state index contributed by atoms with van der Waals surface area (Å²) in [6, 6.07) is 20.2. The minimum atomic E-state index is -0.263. The monoisotopic (exact) mass is 420 g/mol. The van der Waals surface area contributed by atoms with Crippen LogP contribution in [0.5, 0.6) is 0 Å². The van der Waals surface area contributed by atoms with Crippen molar-refractivity contribution in [1.82, 2.24) is 19.9 Å². The Balaban J connectivity index is 1.45. The second-order valence-electron chi connectivity index (χ2n) is 6.83. The molecular weight excluding hydrogens is 399 g/mol. The van der Waals surface area contributed by atoms with Crippen LogP contribution in [0.4, 0.5) is 4.39 Å². The minimum Gasteiger partial charge on any atom is -0.354 e. The first-order chi connectivity index (χ1) is 14.7. The van der Waals surface area contributed by atoms with Gasteiger partial charge in [-0.25, -0.2) is 14.4 Å². The maximum atomic E-state index is 13.5. The molecule has 4 aromatic rings. The van der Waals surface area contributed by atoms with Crippen LogP contribution in [0.15, 0.2) is 78.1 Å². The van der Waals surface area contributed by atoms with E-state index >= 15 is 0 Å². The molecule has 0 saturated carbocycles. The zero-order valence-corrected chi connectivity index (χ0v) is 17.1. The number of hydrogen-bond acceptors (Lipinski definition) is 4. The average molecular weight is 421 g/mol. The quantitative estimate of drug-likeness (QED) is 0.434. The van der Waals surface area contributed by atoms with Crippen LogP contribution in [0.3, 0.4) is 0 Å². The fourth-order valence-electron chi connectivity index (χ4n) is 3.16. The summed E-state index contributed by atoms with van der Waals surface area (Å²) in [5.41, 5.74) is 3.44. The maximum Gasteiger partial charge on any atom is 0.240 e. The molecule has 0 spiro atoms. The number of nitrogens with zero attached hydrogens (tertiary/aromatic N) is 3. The van der Waals surface area contributed by atoms with Crippen LogP contribution in [-0.4, -0.2) is 27.0 Å². The van der Waals surface area contributed by atoms with Gasteiger partial charge in [0.15, 0.2) is 10.8 Å². The lowest BCUT2D eigenvalue weighted by atomic mass is 10.1. The SMILES string of the molecule is O=C(Cn1c(SCc2cccc(F)c2)nc2cccnc21)NCCc1ccccc1. The Morgan fingerprint density at radius 1 is 1.03 bits per heavy atom. The lowest BCUT2D eigenvalue weighted by Crippen LogP contribution is -2.29. The van der Waals surface area contributed by atoms with Crippen LogP contribution in [0.25, 0.3) is 11.2 Å². The first-order valence-corrected chi connectivity index (χ1v) is 10.7. The van der Waals surface area contributed by atoms with E-state index in [0.29, 0.717) is 23.1 Å².